The van der Waals surface area contributed by atoms with Gasteiger partial charge in [0.05, 0.1) is 6.10 Å². The molecule has 0 aromatic carbocycles. The summed E-state index contributed by atoms with van der Waals surface area (Å²) in [5.74, 6) is 1.31. The zero-order valence-corrected chi connectivity index (χ0v) is 13.9. The van der Waals surface area contributed by atoms with Gasteiger partial charge in [0.25, 0.3) is 0 Å². The van der Waals surface area contributed by atoms with Crippen LogP contribution >= 0.6 is 0 Å². The lowest BCUT2D eigenvalue weighted by Gasteiger charge is -2.17. The molecular formula is C16H22N6O2. The minimum atomic E-state index is -0.291. The number of rotatable bonds is 5. The summed E-state index contributed by atoms with van der Waals surface area (Å²) in [6.45, 7) is 6.12. The van der Waals surface area contributed by atoms with Gasteiger partial charge in [-0.2, -0.15) is 9.97 Å². The number of nitrogens with zero attached hydrogens (tertiary/aromatic N) is 5. The van der Waals surface area contributed by atoms with Gasteiger partial charge in [0.1, 0.15) is 5.82 Å². The predicted molar refractivity (Wildman–Crippen MR) is 91.3 cm³/mol. The largest absolute Gasteiger partial charge is 0.391 e. The minimum absolute atomic E-state index is 0.241. The van der Waals surface area contributed by atoms with E-state index in [9.17, 15) is 9.90 Å². The number of anilines is 2. The third-order valence-electron chi connectivity index (χ3n) is 4.09. The van der Waals surface area contributed by atoms with Crippen LogP contribution in [0.15, 0.2) is 23.1 Å². The fraction of sp³-hybridized carbons (Fsp3) is 0.500. The Morgan fingerprint density at radius 3 is 2.92 bits per heavy atom. The summed E-state index contributed by atoms with van der Waals surface area (Å²) >= 11 is 0. The Bertz CT molecular complexity index is 775. The number of aromatic nitrogens is 4. The number of hydrogen-bond donors (Lipinski definition) is 2. The van der Waals surface area contributed by atoms with E-state index in [1.54, 1.807) is 10.8 Å². The van der Waals surface area contributed by atoms with Crippen LogP contribution in [0.2, 0.25) is 0 Å². The van der Waals surface area contributed by atoms with Gasteiger partial charge in [-0.05, 0) is 32.4 Å². The molecule has 0 amide bonds. The highest BCUT2D eigenvalue weighted by Gasteiger charge is 2.21. The Hall–Kier alpha value is -2.48. The molecule has 2 N–H and O–H groups in total. The third-order valence-corrected chi connectivity index (χ3v) is 4.09. The number of aliphatic hydroxyl groups is 1. The lowest BCUT2D eigenvalue weighted by molar-refractivity contribution is 0.198. The normalized spacial score (nSPS) is 17.3. The van der Waals surface area contributed by atoms with E-state index in [0.717, 1.165) is 30.2 Å². The molecule has 0 unspecified atom stereocenters. The lowest BCUT2D eigenvalue weighted by Crippen LogP contribution is -2.28. The Morgan fingerprint density at radius 2 is 2.21 bits per heavy atom. The molecule has 1 aliphatic heterocycles. The van der Waals surface area contributed by atoms with Crippen molar-refractivity contribution < 1.29 is 5.11 Å². The van der Waals surface area contributed by atoms with Gasteiger partial charge in [-0.25, -0.2) is 9.78 Å². The molecule has 8 nitrogen and oxygen atoms in total. The van der Waals surface area contributed by atoms with Gasteiger partial charge < -0.3 is 15.3 Å². The first-order valence-electron chi connectivity index (χ1n) is 8.08. The monoisotopic (exact) mass is 330 g/mol. The Morgan fingerprint density at radius 1 is 1.38 bits per heavy atom. The summed E-state index contributed by atoms with van der Waals surface area (Å²) in [6, 6.07) is 3.72. The molecular weight excluding hydrogens is 308 g/mol. The molecule has 1 fully saturated rings. The number of hydrogen-bond acceptors (Lipinski definition) is 7. The molecule has 0 radical (unpaired) electrons. The van der Waals surface area contributed by atoms with Crippen molar-refractivity contribution in [2.75, 3.05) is 29.9 Å². The zero-order chi connectivity index (χ0) is 17.1. The first kappa shape index (κ1) is 16.4. The molecule has 2 aromatic heterocycles. The van der Waals surface area contributed by atoms with Crippen molar-refractivity contribution in [1.29, 1.82) is 0 Å². The molecule has 1 atom stereocenters. The van der Waals surface area contributed by atoms with Crippen LogP contribution in [0, 0.1) is 13.8 Å². The summed E-state index contributed by atoms with van der Waals surface area (Å²) < 4.78 is 1.63. The molecule has 0 saturated carbocycles. The molecule has 8 heteroatoms. The van der Waals surface area contributed by atoms with Gasteiger partial charge in [0.15, 0.2) is 0 Å². The van der Waals surface area contributed by atoms with Gasteiger partial charge in [-0.15, -0.1) is 0 Å². The van der Waals surface area contributed by atoms with Crippen LogP contribution in [0.5, 0.6) is 0 Å². The molecule has 2 aromatic rings. The van der Waals surface area contributed by atoms with E-state index in [2.05, 4.69) is 20.3 Å². The van der Waals surface area contributed by atoms with Gasteiger partial charge in [-0.1, -0.05) is 0 Å². The van der Waals surface area contributed by atoms with Crippen LogP contribution in [-0.2, 0) is 6.54 Å². The van der Waals surface area contributed by atoms with Crippen LogP contribution < -0.4 is 15.9 Å². The fourth-order valence-corrected chi connectivity index (χ4v) is 2.89. The molecule has 0 spiro atoms. The summed E-state index contributed by atoms with van der Waals surface area (Å²) in [5, 5.41) is 12.8. The lowest BCUT2D eigenvalue weighted by atomic mass is 10.3. The van der Waals surface area contributed by atoms with Crippen LogP contribution in [0.25, 0.3) is 0 Å². The van der Waals surface area contributed by atoms with Gasteiger partial charge in [0.2, 0.25) is 5.95 Å². The maximum Gasteiger partial charge on any atom is 0.348 e. The fourth-order valence-electron chi connectivity index (χ4n) is 2.89. The van der Waals surface area contributed by atoms with Crippen molar-refractivity contribution in [3.05, 3.63) is 40.2 Å². The molecule has 3 rings (SSSR count). The first-order valence-corrected chi connectivity index (χ1v) is 8.08. The molecule has 3 heterocycles. The van der Waals surface area contributed by atoms with E-state index >= 15 is 0 Å². The van der Waals surface area contributed by atoms with E-state index in [0.29, 0.717) is 25.6 Å². The van der Waals surface area contributed by atoms with Crippen molar-refractivity contribution in [1.82, 2.24) is 19.5 Å². The maximum atomic E-state index is 11.9. The summed E-state index contributed by atoms with van der Waals surface area (Å²) in [4.78, 5) is 26.6. The summed E-state index contributed by atoms with van der Waals surface area (Å²) in [5.41, 5.74) is 1.37. The number of β-amino-alcohol motifs (C(OH)–C–C–N with tert-alkyl or cyclic N) is 1. The molecule has 1 saturated heterocycles. The molecule has 0 aliphatic carbocycles. The standard InChI is InChI=1S/C16H22N6O2/c1-11-9-12(2)22(16(24)19-11)8-6-18-15-17-5-3-14(20-15)21-7-4-13(23)10-21/h3,5,9,13,23H,4,6-8,10H2,1-2H3,(H,17,18,20)/t13-/m0/s1. The van der Waals surface area contributed by atoms with Gasteiger partial charge in [-0.3, -0.25) is 4.57 Å². The second-order valence-electron chi connectivity index (χ2n) is 6.03. The SMILES string of the molecule is Cc1cc(C)n(CCNc2nccc(N3CC[C@H](O)C3)n2)c(=O)n1. The highest BCUT2D eigenvalue weighted by molar-refractivity contribution is 5.43. The van der Waals surface area contributed by atoms with E-state index in [1.807, 2.05) is 30.9 Å². The highest BCUT2D eigenvalue weighted by Crippen LogP contribution is 2.18. The van der Waals surface area contributed by atoms with E-state index < -0.39 is 0 Å². The Labute approximate surface area is 140 Å². The average molecular weight is 330 g/mol. The van der Waals surface area contributed by atoms with Gasteiger partial charge >= 0.3 is 5.69 Å². The molecule has 128 valence electrons. The predicted octanol–water partition coefficient (Wildman–Crippen LogP) is 0.333. The Balaban J connectivity index is 1.62. The van der Waals surface area contributed by atoms with Crippen LogP contribution in [0.3, 0.4) is 0 Å². The molecule has 0 bridgehead atoms. The van der Waals surface area contributed by atoms with E-state index in [-0.39, 0.29) is 11.8 Å². The smallest absolute Gasteiger partial charge is 0.348 e. The summed E-state index contributed by atoms with van der Waals surface area (Å²) in [6.07, 6.45) is 2.16. The average Bonchev–Trinajstić information content (AvgIpc) is 2.97. The third kappa shape index (κ3) is 3.70. The summed E-state index contributed by atoms with van der Waals surface area (Å²) in [7, 11) is 0. The number of aliphatic hydroxyl groups excluding tert-OH is 1. The molecule has 24 heavy (non-hydrogen) atoms. The minimum Gasteiger partial charge on any atom is -0.391 e. The molecule has 1 aliphatic rings. The van der Waals surface area contributed by atoms with Crippen molar-refractivity contribution in [3.63, 3.8) is 0 Å². The van der Waals surface area contributed by atoms with E-state index in [1.165, 1.54) is 0 Å². The Kier molecular flexibility index (Phi) is 4.75. The van der Waals surface area contributed by atoms with Crippen LogP contribution in [0.1, 0.15) is 17.8 Å². The number of nitrogens with one attached hydrogen (secondary N) is 1. The number of aryl methyl sites for hydroxylation is 2. The topological polar surface area (TPSA) is 96.2 Å². The van der Waals surface area contributed by atoms with E-state index in [4.69, 9.17) is 0 Å². The second kappa shape index (κ2) is 6.96. The first-order chi connectivity index (χ1) is 11.5. The van der Waals surface area contributed by atoms with Crippen molar-refractivity contribution >= 4 is 11.8 Å². The maximum absolute atomic E-state index is 11.9. The van der Waals surface area contributed by atoms with Crippen LogP contribution in [0.4, 0.5) is 11.8 Å². The van der Waals surface area contributed by atoms with Crippen LogP contribution in [-0.4, -0.2) is 50.4 Å². The van der Waals surface area contributed by atoms with Gasteiger partial charge in [0, 0.05) is 43.8 Å². The second-order valence-corrected chi connectivity index (χ2v) is 6.03. The zero-order valence-electron chi connectivity index (χ0n) is 13.9. The van der Waals surface area contributed by atoms with Crippen molar-refractivity contribution in [2.24, 2.45) is 0 Å². The quantitative estimate of drug-likeness (QED) is 0.815. The van der Waals surface area contributed by atoms with Crippen molar-refractivity contribution in [3.8, 4) is 0 Å². The van der Waals surface area contributed by atoms with Crippen molar-refractivity contribution in [2.45, 2.75) is 32.9 Å². The highest BCUT2D eigenvalue weighted by atomic mass is 16.3.